The van der Waals surface area contributed by atoms with Crippen molar-refractivity contribution >= 4 is 11.7 Å². The molecular formula is C10H9FN4O3. The molecule has 0 spiro atoms. The van der Waals surface area contributed by atoms with Crippen LogP contribution < -0.4 is 10.5 Å². The second-order valence-electron chi connectivity index (χ2n) is 3.44. The number of benzene rings is 1. The molecule has 1 heterocycles. The number of aryl methyl sites for hydroxylation is 1. The summed E-state index contributed by atoms with van der Waals surface area (Å²) in [6.45, 7) is 0. The molecule has 0 atom stereocenters. The molecule has 0 unspecified atom stereocenters. The molecule has 0 fully saturated rings. The van der Waals surface area contributed by atoms with E-state index in [1.165, 1.54) is 11.0 Å². The fourth-order valence-corrected chi connectivity index (χ4v) is 1.34. The van der Waals surface area contributed by atoms with E-state index < -0.39 is 23.0 Å². The van der Waals surface area contributed by atoms with Crippen molar-refractivity contribution in [3.05, 3.63) is 29.8 Å². The summed E-state index contributed by atoms with van der Waals surface area (Å²) in [6, 6.07) is 2.12. The van der Waals surface area contributed by atoms with Crippen molar-refractivity contribution < 1.29 is 19.0 Å². The Labute approximate surface area is 101 Å². The number of hydrogen-bond acceptors (Lipinski definition) is 5. The van der Waals surface area contributed by atoms with Crippen molar-refractivity contribution in [1.29, 1.82) is 0 Å². The van der Waals surface area contributed by atoms with Gasteiger partial charge in [-0.05, 0) is 12.1 Å². The van der Waals surface area contributed by atoms with E-state index in [0.29, 0.717) is 0 Å². The van der Waals surface area contributed by atoms with Gasteiger partial charge in [0.1, 0.15) is 23.5 Å². The molecule has 18 heavy (non-hydrogen) atoms. The third-order valence-electron chi connectivity index (χ3n) is 2.15. The molecule has 0 saturated carbocycles. The van der Waals surface area contributed by atoms with Crippen LogP contribution in [-0.2, 0) is 7.05 Å². The zero-order chi connectivity index (χ0) is 13.3. The van der Waals surface area contributed by atoms with Crippen molar-refractivity contribution in [2.75, 3.05) is 5.73 Å². The Morgan fingerprint density at radius 1 is 1.56 bits per heavy atom. The number of aromatic carboxylic acids is 1. The van der Waals surface area contributed by atoms with Gasteiger partial charge in [0.15, 0.2) is 0 Å². The minimum Gasteiger partial charge on any atom is -0.477 e. The summed E-state index contributed by atoms with van der Waals surface area (Å²) in [6.07, 6.45) is 1.38. The Hall–Kier alpha value is -2.64. The summed E-state index contributed by atoms with van der Waals surface area (Å²) in [5.74, 6) is -2.33. The maximum absolute atomic E-state index is 13.2. The molecule has 1 aromatic heterocycles. The van der Waals surface area contributed by atoms with Crippen LogP contribution in [0.2, 0.25) is 0 Å². The Bertz CT molecular complexity index is 611. The van der Waals surface area contributed by atoms with Crippen molar-refractivity contribution in [2.24, 2.45) is 7.05 Å². The number of carboxylic acids is 1. The molecule has 94 valence electrons. The van der Waals surface area contributed by atoms with E-state index in [1.54, 1.807) is 7.05 Å². The smallest absolute Gasteiger partial charge is 0.341 e. The van der Waals surface area contributed by atoms with Gasteiger partial charge in [0, 0.05) is 7.05 Å². The number of nitrogen functional groups attached to an aromatic ring is 1. The second kappa shape index (κ2) is 4.32. The summed E-state index contributed by atoms with van der Waals surface area (Å²) in [5.41, 5.74) is 4.42. The summed E-state index contributed by atoms with van der Waals surface area (Å²) in [5, 5.41) is 12.8. The largest absolute Gasteiger partial charge is 0.477 e. The van der Waals surface area contributed by atoms with Crippen LogP contribution >= 0.6 is 0 Å². The van der Waals surface area contributed by atoms with Crippen molar-refractivity contribution in [3.8, 4) is 11.8 Å². The highest BCUT2D eigenvalue weighted by atomic mass is 19.1. The molecule has 1 aromatic carbocycles. The number of rotatable bonds is 3. The normalized spacial score (nSPS) is 10.3. The first-order chi connectivity index (χ1) is 8.49. The van der Waals surface area contributed by atoms with Crippen molar-refractivity contribution in [1.82, 2.24) is 14.8 Å². The van der Waals surface area contributed by atoms with Gasteiger partial charge >= 0.3 is 12.0 Å². The van der Waals surface area contributed by atoms with Crippen LogP contribution in [-0.4, -0.2) is 25.8 Å². The van der Waals surface area contributed by atoms with Crippen LogP contribution in [0.25, 0.3) is 0 Å². The molecule has 0 aliphatic rings. The van der Waals surface area contributed by atoms with Gasteiger partial charge in [-0.25, -0.2) is 9.18 Å². The van der Waals surface area contributed by atoms with E-state index in [9.17, 15) is 9.18 Å². The number of aromatic nitrogens is 3. The Morgan fingerprint density at radius 3 is 2.83 bits per heavy atom. The van der Waals surface area contributed by atoms with E-state index in [1.807, 2.05) is 0 Å². The van der Waals surface area contributed by atoms with Crippen molar-refractivity contribution in [2.45, 2.75) is 0 Å². The summed E-state index contributed by atoms with van der Waals surface area (Å²) in [4.78, 5) is 14.8. The van der Waals surface area contributed by atoms with Crippen LogP contribution in [0.3, 0.4) is 0 Å². The maximum Gasteiger partial charge on any atom is 0.341 e. The molecule has 0 aliphatic heterocycles. The molecule has 0 radical (unpaired) electrons. The number of carbonyl (C=O) groups is 1. The van der Waals surface area contributed by atoms with E-state index in [0.717, 1.165) is 12.1 Å². The average molecular weight is 252 g/mol. The number of anilines is 1. The van der Waals surface area contributed by atoms with Gasteiger partial charge in [0.2, 0.25) is 0 Å². The molecule has 2 rings (SSSR count). The van der Waals surface area contributed by atoms with Crippen LogP contribution in [0.5, 0.6) is 11.8 Å². The predicted octanol–water partition coefficient (Wildman–Crippen LogP) is 1.03. The lowest BCUT2D eigenvalue weighted by Crippen LogP contribution is -2.07. The summed E-state index contributed by atoms with van der Waals surface area (Å²) < 4.78 is 19.7. The van der Waals surface area contributed by atoms with E-state index in [2.05, 4.69) is 10.1 Å². The Morgan fingerprint density at radius 2 is 2.28 bits per heavy atom. The fraction of sp³-hybridized carbons (Fsp3) is 0.100. The van der Waals surface area contributed by atoms with Gasteiger partial charge in [-0.3, -0.25) is 4.68 Å². The van der Waals surface area contributed by atoms with Crippen LogP contribution in [0, 0.1) is 5.82 Å². The first kappa shape index (κ1) is 11.8. The first-order valence-electron chi connectivity index (χ1n) is 4.84. The predicted molar refractivity (Wildman–Crippen MR) is 58.8 cm³/mol. The summed E-state index contributed by atoms with van der Waals surface area (Å²) >= 11 is 0. The van der Waals surface area contributed by atoms with E-state index >= 15 is 0 Å². The van der Waals surface area contributed by atoms with Gasteiger partial charge in [0.05, 0.1) is 5.69 Å². The molecule has 8 heteroatoms. The molecule has 0 bridgehead atoms. The Balaban J connectivity index is 2.44. The van der Waals surface area contributed by atoms with Crippen LogP contribution in [0.15, 0.2) is 18.5 Å². The van der Waals surface area contributed by atoms with Gasteiger partial charge < -0.3 is 15.6 Å². The molecular weight excluding hydrogens is 243 g/mol. The van der Waals surface area contributed by atoms with Crippen LogP contribution in [0.1, 0.15) is 10.4 Å². The number of ether oxygens (including phenoxy) is 1. The second-order valence-corrected chi connectivity index (χ2v) is 3.44. The molecule has 0 saturated heterocycles. The lowest BCUT2D eigenvalue weighted by Gasteiger charge is -2.08. The number of carboxylic acid groups (broad SMARTS) is 1. The highest BCUT2D eigenvalue weighted by molar-refractivity contribution is 5.97. The number of nitrogens with two attached hydrogens (primary N) is 1. The van der Waals surface area contributed by atoms with Gasteiger partial charge in [0.25, 0.3) is 0 Å². The number of hydrogen-bond donors (Lipinski definition) is 2. The zero-order valence-electron chi connectivity index (χ0n) is 9.29. The highest BCUT2D eigenvalue weighted by Crippen LogP contribution is 2.29. The van der Waals surface area contributed by atoms with Crippen LogP contribution in [0.4, 0.5) is 10.1 Å². The molecule has 7 nitrogen and oxygen atoms in total. The Kier molecular flexibility index (Phi) is 2.84. The standard InChI is InChI=1S/C10H9FN4O3/c1-15-4-13-10(14-15)18-6-3-2-5(11)8(12)7(6)9(16)17/h2-4H,12H2,1H3,(H,16,17). The number of halogens is 1. The monoisotopic (exact) mass is 252 g/mol. The zero-order valence-corrected chi connectivity index (χ0v) is 9.29. The first-order valence-corrected chi connectivity index (χ1v) is 4.84. The number of nitrogens with zero attached hydrogens (tertiary/aromatic N) is 3. The van der Waals surface area contributed by atoms with E-state index in [-0.39, 0.29) is 11.8 Å². The summed E-state index contributed by atoms with van der Waals surface area (Å²) in [7, 11) is 1.62. The molecule has 0 aliphatic carbocycles. The average Bonchev–Trinajstić information content (AvgIpc) is 2.69. The lowest BCUT2D eigenvalue weighted by molar-refractivity contribution is 0.0694. The van der Waals surface area contributed by atoms with E-state index in [4.69, 9.17) is 15.6 Å². The third kappa shape index (κ3) is 2.08. The SMILES string of the molecule is Cn1cnc(Oc2ccc(F)c(N)c2C(=O)O)n1. The van der Waals surface area contributed by atoms with Gasteiger partial charge in [-0.15, -0.1) is 5.10 Å². The minimum absolute atomic E-state index is 0.0500. The highest BCUT2D eigenvalue weighted by Gasteiger charge is 2.20. The molecule has 0 amide bonds. The lowest BCUT2D eigenvalue weighted by atomic mass is 10.1. The quantitative estimate of drug-likeness (QED) is 0.790. The fourth-order valence-electron chi connectivity index (χ4n) is 1.34. The molecule has 3 N–H and O–H groups in total. The third-order valence-corrected chi connectivity index (χ3v) is 2.15. The topological polar surface area (TPSA) is 103 Å². The maximum atomic E-state index is 13.2. The van der Waals surface area contributed by atoms with Gasteiger partial charge in [-0.2, -0.15) is 4.98 Å². The molecule has 2 aromatic rings. The minimum atomic E-state index is -1.39. The van der Waals surface area contributed by atoms with Crippen molar-refractivity contribution in [3.63, 3.8) is 0 Å². The van der Waals surface area contributed by atoms with Gasteiger partial charge in [-0.1, -0.05) is 0 Å².